The van der Waals surface area contributed by atoms with Crippen LogP contribution in [0.2, 0.25) is 0 Å². The number of benzene rings is 1. The highest BCUT2D eigenvalue weighted by molar-refractivity contribution is 5.25. The van der Waals surface area contributed by atoms with Crippen molar-refractivity contribution in [1.29, 1.82) is 0 Å². The van der Waals surface area contributed by atoms with Crippen molar-refractivity contribution < 1.29 is 0 Å². The lowest BCUT2D eigenvalue weighted by Crippen LogP contribution is -2.26. The molecule has 0 saturated carbocycles. The average Bonchev–Trinajstić information content (AvgIpc) is 2.29. The van der Waals surface area contributed by atoms with E-state index in [2.05, 4.69) is 57.3 Å². The van der Waals surface area contributed by atoms with Crippen LogP contribution in [0.15, 0.2) is 24.3 Å². The fourth-order valence-electron chi connectivity index (χ4n) is 2.18. The molecule has 0 radical (unpaired) electrons. The van der Waals surface area contributed by atoms with E-state index >= 15 is 0 Å². The van der Waals surface area contributed by atoms with Crippen molar-refractivity contribution in [2.75, 3.05) is 6.54 Å². The summed E-state index contributed by atoms with van der Waals surface area (Å²) in [6.07, 6.45) is 2.34. The van der Waals surface area contributed by atoms with Crippen LogP contribution in [-0.2, 0) is 6.42 Å². The van der Waals surface area contributed by atoms with Crippen molar-refractivity contribution in [3.8, 4) is 0 Å². The predicted molar refractivity (Wildman–Crippen MR) is 72.0 cm³/mol. The molecule has 1 aromatic carbocycles. The first kappa shape index (κ1) is 13.2. The minimum Gasteiger partial charge on any atom is -0.315 e. The van der Waals surface area contributed by atoms with Gasteiger partial charge in [0.25, 0.3) is 0 Å². The van der Waals surface area contributed by atoms with Crippen molar-refractivity contribution in [2.45, 2.75) is 52.5 Å². The highest BCUT2D eigenvalue weighted by Crippen LogP contribution is 2.21. The van der Waals surface area contributed by atoms with Crippen LogP contribution in [0.5, 0.6) is 0 Å². The van der Waals surface area contributed by atoms with Crippen LogP contribution in [0.25, 0.3) is 0 Å². The molecule has 2 atom stereocenters. The molecular formula is C15H25N. The molecule has 1 aromatic rings. The molecule has 0 aromatic heterocycles. The third-order valence-electron chi connectivity index (χ3n) is 3.22. The highest BCUT2D eigenvalue weighted by atomic mass is 14.9. The lowest BCUT2D eigenvalue weighted by Gasteiger charge is -2.18. The van der Waals surface area contributed by atoms with E-state index in [1.165, 1.54) is 17.5 Å². The standard InChI is InChI=1S/C15H25N/c1-5-14-7-9-15(10-8-14)12(3)11-13(4)16-6-2/h7-10,12-13,16H,5-6,11H2,1-4H3. The van der Waals surface area contributed by atoms with E-state index in [0.717, 1.165) is 13.0 Å². The molecule has 90 valence electrons. The molecule has 0 aliphatic rings. The highest BCUT2D eigenvalue weighted by Gasteiger charge is 2.09. The zero-order chi connectivity index (χ0) is 12.0. The van der Waals surface area contributed by atoms with Crippen LogP contribution in [0, 0.1) is 0 Å². The summed E-state index contributed by atoms with van der Waals surface area (Å²) in [6, 6.07) is 9.67. The number of aryl methyl sites for hydroxylation is 1. The van der Waals surface area contributed by atoms with E-state index in [9.17, 15) is 0 Å². The molecule has 0 saturated heterocycles. The van der Waals surface area contributed by atoms with Crippen molar-refractivity contribution in [3.63, 3.8) is 0 Å². The van der Waals surface area contributed by atoms with Gasteiger partial charge in [-0.25, -0.2) is 0 Å². The first-order valence-electron chi connectivity index (χ1n) is 6.49. The zero-order valence-electron chi connectivity index (χ0n) is 11.1. The third-order valence-corrected chi connectivity index (χ3v) is 3.22. The summed E-state index contributed by atoms with van der Waals surface area (Å²) >= 11 is 0. The van der Waals surface area contributed by atoms with Gasteiger partial charge in [-0.1, -0.05) is 45.0 Å². The molecule has 1 N–H and O–H groups in total. The summed E-state index contributed by atoms with van der Waals surface area (Å²) in [4.78, 5) is 0. The summed E-state index contributed by atoms with van der Waals surface area (Å²) in [6.45, 7) is 10.0. The molecule has 16 heavy (non-hydrogen) atoms. The van der Waals surface area contributed by atoms with Gasteiger partial charge in [0.2, 0.25) is 0 Å². The molecule has 1 heteroatoms. The van der Waals surface area contributed by atoms with Gasteiger partial charge in [0, 0.05) is 6.04 Å². The fraction of sp³-hybridized carbons (Fsp3) is 0.600. The quantitative estimate of drug-likeness (QED) is 0.768. The molecule has 0 aliphatic carbocycles. The van der Waals surface area contributed by atoms with E-state index in [1.807, 2.05) is 0 Å². The molecular weight excluding hydrogens is 194 g/mol. The minimum atomic E-state index is 0.603. The maximum Gasteiger partial charge on any atom is 0.00443 e. The lowest BCUT2D eigenvalue weighted by atomic mass is 9.93. The first-order chi connectivity index (χ1) is 7.67. The normalized spacial score (nSPS) is 14.8. The second-order valence-corrected chi connectivity index (χ2v) is 4.69. The molecule has 0 amide bonds. The van der Waals surface area contributed by atoms with Gasteiger partial charge in [0.1, 0.15) is 0 Å². The second kappa shape index (κ2) is 6.70. The van der Waals surface area contributed by atoms with Gasteiger partial charge in [0.15, 0.2) is 0 Å². The van der Waals surface area contributed by atoms with Crippen LogP contribution in [0.1, 0.15) is 51.2 Å². The summed E-state index contributed by atoms with van der Waals surface area (Å²) in [5.74, 6) is 0.639. The van der Waals surface area contributed by atoms with E-state index in [1.54, 1.807) is 0 Å². The Balaban J connectivity index is 2.55. The van der Waals surface area contributed by atoms with Crippen molar-refractivity contribution >= 4 is 0 Å². The number of hydrogen-bond donors (Lipinski definition) is 1. The Kier molecular flexibility index (Phi) is 5.54. The van der Waals surface area contributed by atoms with Crippen LogP contribution in [0.3, 0.4) is 0 Å². The molecule has 0 fully saturated rings. The van der Waals surface area contributed by atoms with E-state index < -0.39 is 0 Å². The van der Waals surface area contributed by atoms with Crippen LogP contribution < -0.4 is 5.32 Å². The van der Waals surface area contributed by atoms with Gasteiger partial charge in [-0.05, 0) is 43.4 Å². The molecule has 1 nitrogen and oxygen atoms in total. The Bertz CT molecular complexity index is 289. The smallest absolute Gasteiger partial charge is 0.00443 e. The second-order valence-electron chi connectivity index (χ2n) is 4.69. The maximum atomic E-state index is 3.47. The number of hydrogen-bond acceptors (Lipinski definition) is 1. The Morgan fingerprint density at radius 1 is 1.06 bits per heavy atom. The summed E-state index contributed by atoms with van der Waals surface area (Å²) in [5.41, 5.74) is 2.89. The van der Waals surface area contributed by atoms with Gasteiger partial charge in [-0.15, -0.1) is 0 Å². The van der Waals surface area contributed by atoms with Crippen molar-refractivity contribution in [1.82, 2.24) is 5.32 Å². The fourth-order valence-corrected chi connectivity index (χ4v) is 2.18. The van der Waals surface area contributed by atoms with E-state index in [4.69, 9.17) is 0 Å². The van der Waals surface area contributed by atoms with E-state index in [0.29, 0.717) is 12.0 Å². The molecule has 1 rings (SSSR count). The molecule has 0 heterocycles. The van der Waals surface area contributed by atoms with Crippen LogP contribution in [0.4, 0.5) is 0 Å². The summed E-state index contributed by atoms with van der Waals surface area (Å²) in [5, 5.41) is 3.47. The van der Waals surface area contributed by atoms with Gasteiger partial charge >= 0.3 is 0 Å². The van der Waals surface area contributed by atoms with Gasteiger partial charge in [-0.3, -0.25) is 0 Å². The monoisotopic (exact) mass is 219 g/mol. The molecule has 2 unspecified atom stereocenters. The SMILES string of the molecule is CCNC(C)CC(C)c1ccc(CC)cc1. The maximum absolute atomic E-state index is 3.47. The zero-order valence-corrected chi connectivity index (χ0v) is 11.1. The molecule has 0 aliphatic heterocycles. The largest absolute Gasteiger partial charge is 0.315 e. The average molecular weight is 219 g/mol. The Hall–Kier alpha value is -0.820. The van der Waals surface area contributed by atoms with Crippen molar-refractivity contribution in [3.05, 3.63) is 35.4 Å². The Labute approximate surface area is 100 Å². The van der Waals surface area contributed by atoms with Crippen LogP contribution in [-0.4, -0.2) is 12.6 Å². The topological polar surface area (TPSA) is 12.0 Å². The predicted octanol–water partition coefficient (Wildman–Crippen LogP) is 3.74. The van der Waals surface area contributed by atoms with E-state index in [-0.39, 0.29) is 0 Å². The minimum absolute atomic E-state index is 0.603. The number of nitrogens with one attached hydrogen (secondary N) is 1. The third kappa shape index (κ3) is 3.97. The first-order valence-corrected chi connectivity index (χ1v) is 6.49. The lowest BCUT2D eigenvalue weighted by molar-refractivity contribution is 0.491. The van der Waals surface area contributed by atoms with Gasteiger partial charge in [-0.2, -0.15) is 0 Å². The summed E-state index contributed by atoms with van der Waals surface area (Å²) in [7, 11) is 0. The van der Waals surface area contributed by atoms with Gasteiger partial charge < -0.3 is 5.32 Å². The van der Waals surface area contributed by atoms with Crippen LogP contribution >= 0.6 is 0 Å². The summed E-state index contributed by atoms with van der Waals surface area (Å²) < 4.78 is 0. The Morgan fingerprint density at radius 3 is 2.19 bits per heavy atom. The van der Waals surface area contributed by atoms with Gasteiger partial charge in [0.05, 0.1) is 0 Å². The molecule has 0 spiro atoms. The number of rotatable bonds is 6. The van der Waals surface area contributed by atoms with Crippen molar-refractivity contribution in [2.24, 2.45) is 0 Å². The molecule has 0 bridgehead atoms. The Morgan fingerprint density at radius 2 is 1.69 bits per heavy atom.